The monoisotopic (exact) mass is 262 g/mol. The Balaban J connectivity index is 0.00000256. The van der Waals surface area contributed by atoms with Crippen molar-refractivity contribution in [3.8, 4) is 0 Å². The fourth-order valence-corrected chi connectivity index (χ4v) is 2.36. The second kappa shape index (κ2) is 9.72. The van der Waals surface area contributed by atoms with Crippen LogP contribution in [0.1, 0.15) is 46.0 Å². The average molecular weight is 263 g/mol. The van der Waals surface area contributed by atoms with Gasteiger partial charge in [-0.1, -0.05) is 13.8 Å². The number of hydrogen-bond acceptors (Lipinski definition) is 2. The number of hydrogen-bond donors (Lipinski definition) is 1. The van der Waals surface area contributed by atoms with Crippen LogP contribution in [0.25, 0.3) is 0 Å². The zero-order valence-corrected chi connectivity index (χ0v) is 12.0. The maximum Gasteiger partial charge on any atom is 0.222 e. The van der Waals surface area contributed by atoms with E-state index in [1.165, 1.54) is 0 Å². The summed E-state index contributed by atoms with van der Waals surface area (Å²) in [5.74, 6) is 0.987. The number of nitrogens with one attached hydrogen (secondary N) is 1. The first-order valence-electron chi connectivity index (χ1n) is 6.76. The second-order valence-electron chi connectivity index (χ2n) is 4.78. The lowest BCUT2D eigenvalue weighted by molar-refractivity contribution is -0.132. The van der Waals surface area contributed by atoms with Crippen molar-refractivity contribution < 1.29 is 4.79 Å². The minimum Gasteiger partial charge on any atom is -0.343 e. The summed E-state index contributed by atoms with van der Waals surface area (Å²) >= 11 is 0. The number of carbonyl (C=O) groups excluding carboxylic acids is 1. The van der Waals surface area contributed by atoms with Gasteiger partial charge in [-0.25, -0.2) is 0 Å². The van der Waals surface area contributed by atoms with Crippen molar-refractivity contribution in [2.75, 3.05) is 26.2 Å². The summed E-state index contributed by atoms with van der Waals surface area (Å²) in [5, 5.41) is 3.34. The van der Waals surface area contributed by atoms with Gasteiger partial charge in [0.2, 0.25) is 5.91 Å². The van der Waals surface area contributed by atoms with Gasteiger partial charge in [-0.05, 0) is 44.7 Å². The zero-order valence-electron chi connectivity index (χ0n) is 11.2. The first kappa shape index (κ1) is 16.7. The molecule has 4 heteroatoms. The quantitative estimate of drug-likeness (QED) is 0.798. The van der Waals surface area contributed by atoms with E-state index in [2.05, 4.69) is 19.2 Å². The highest BCUT2D eigenvalue weighted by Gasteiger charge is 2.19. The molecule has 1 saturated heterocycles. The molecule has 1 amide bonds. The van der Waals surface area contributed by atoms with E-state index in [9.17, 15) is 4.79 Å². The van der Waals surface area contributed by atoms with Gasteiger partial charge < -0.3 is 10.2 Å². The van der Waals surface area contributed by atoms with Crippen LogP contribution in [-0.2, 0) is 4.79 Å². The van der Waals surface area contributed by atoms with Crippen molar-refractivity contribution in [2.24, 2.45) is 5.92 Å². The van der Waals surface area contributed by atoms with Crippen molar-refractivity contribution in [3.63, 3.8) is 0 Å². The highest BCUT2D eigenvalue weighted by Crippen LogP contribution is 2.17. The molecular weight excluding hydrogens is 236 g/mol. The molecule has 102 valence electrons. The third kappa shape index (κ3) is 6.27. The highest BCUT2D eigenvalue weighted by molar-refractivity contribution is 5.85. The van der Waals surface area contributed by atoms with Gasteiger partial charge in [0.1, 0.15) is 0 Å². The van der Waals surface area contributed by atoms with Gasteiger partial charge in [-0.15, -0.1) is 12.4 Å². The van der Waals surface area contributed by atoms with Gasteiger partial charge in [0, 0.05) is 19.5 Å². The molecule has 0 aromatic rings. The first-order valence-corrected chi connectivity index (χ1v) is 6.76. The van der Waals surface area contributed by atoms with E-state index in [0.29, 0.717) is 11.8 Å². The van der Waals surface area contributed by atoms with Gasteiger partial charge in [-0.3, -0.25) is 4.79 Å². The summed E-state index contributed by atoms with van der Waals surface area (Å²) in [7, 11) is 0. The Labute approximate surface area is 112 Å². The molecule has 1 fully saturated rings. The van der Waals surface area contributed by atoms with Crippen LogP contribution in [0, 0.1) is 5.92 Å². The molecule has 17 heavy (non-hydrogen) atoms. The fourth-order valence-electron chi connectivity index (χ4n) is 2.36. The molecule has 0 aromatic carbocycles. The molecule has 1 aliphatic rings. The highest BCUT2D eigenvalue weighted by atomic mass is 35.5. The molecule has 0 atom stereocenters. The van der Waals surface area contributed by atoms with E-state index in [4.69, 9.17) is 0 Å². The molecule has 0 saturated carbocycles. The van der Waals surface area contributed by atoms with Crippen LogP contribution in [0.3, 0.4) is 0 Å². The molecule has 0 aromatic heterocycles. The van der Waals surface area contributed by atoms with E-state index >= 15 is 0 Å². The number of nitrogens with zero attached hydrogens (tertiary/aromatic N) is 1. The Kier molecular flexibility index (Phi) is 9.56. The molecule has 0 unspecified atom stereocenters. The second-order valence-corrected chi connectivity index (χ2v) is 4.78. The number of carbonyl (C=O) groups is 1. The topological polar surface area (TPSA) is 32.3 Å². The minimum absolute atomic E-state index is 0. The maximum atomic E-state index is 12.1. The smallest absolute Gasteiger partial charge is 0.222 e. The van der Waals surface area contributed by atoms with Crippen LogP contribution in [0.2, 0.25) is 0 Å². The van der Waals surface area contributed by atoms with E-state index < -0.39 is 0 Å². The van der Waals surface area contributed by atoms with E-state index in [1.54, 1.807) is 0 Å². The normalized spacial score (nSPS) is 16.4. The van der Waals surface area contributed by atoms with Crippen LogP contribution >= 0.6 is 12.4 Å². The predicted molar refractivity (Wildman–Crippen MR) is 74.6 cm³/mol. The Hall–Kier alpha value is -0.280. The summed E-state index contributed by atoms with van der Waals surface area (Å²) in [6.07, 6.45) is 5.23. The maximum absolute atomic E-state index is 12.1. The summed E-state index contributed by atoms with van der Waals surface area (Å²) in [4.78, 5) is 14.1. The van der Waals surface area contributed by atoms with Crippen molar-refractivity contribution in [1.82, 2.24) is 10.2 Å². The molecule has 1 aliphatic heterocycles. The van der Waals surface area contributed by atoms with Crippen LogP contribution < -0.4 is 5.32 Å². The van der Waals surface area contributed by atoms with E-state index in [1.807, 2.05) is 4.90 Å². The fraction of sp³-hybridized carbons (Fsp3) is 0.923. The Bertz CT molecular complexity index is 200. The third-order valence-corrected chi connectivity index (χ3v) is 3.26. The van der Waals surface area contributed by atoms with Gasteiger partial charge in [0.15, 0.2) is 0 Å². The lowest BCUT2D eigenvalue weighted by atomic mass is 9.94. The van der Waals surface area contributed by atoms with Gasteiger partial charge in [0.05, 0.1) is 0 Å². The molecular formula is C13H27ClN2O. The summed E-state index contributed by atoms with van der Waals surface area (Å²) in [6.45, 7) is 8.30. The SMILES string of the molecule is CCCN(CCC)C(=O)CC1CCNCC1.Cl. The van der Waals surface area contributed by atoms with Crippen molar-refractivity contribution in [1.29, 1.82) is 0 Å². The Morgan fingerprint density at radius 2 is 1.71 bits per heavy atom. The lowest BCUT2D eigenvalue weighted by Gasteiger charge is -2.26. The molecule has 1 rings (SSSR count). The third-order valence-electron chi connectivity index (χ3n) is 3.26. The summed E-state index contributed by atoms with van der Waals surface area (Å²) in [5.41, 5.74) is 0. The van der Waals surface area contributed by atoms with Crippen molar-refractivity contribution >= 4 is 18.3 Å². The van der Waals surface area contributed by atoms with E-state index in [-0.39, 0.29) is 12.4 Å². The van der Waals surface area contributed by atoms with Gasteiger partial charge >= 0.3 is 0 Å². The molecule has 0 spiro atoms. The van der Waals surface area contributed by atoms with Crippen LogP contribution in [0.15, 0.2) is 0 Å². The van der Waals surface area contributed by atoms with Crippen molar-refractivity contribution in [3.05, 3.63) is 0 Å². The van der Waals surface area contributed by atoms with Crippen LogP contribution in [0.5, 0.6) is 0 Å². The number of halogens is 1. The van der Waals surface area contributed by atoms with Crippen LogP contribution in [0.4, 0.5) is 0 Å². The Morgan fingerprint density at radius 3 is 2.18 bits per heavy atom. The molecule has 1 N–H and O–H groups in total. The molecule has 0 bridgehead atoms. The van der Waals surface area contributed by atoms with E-state index in [0.717, 1.165) is 58.3 Å². The zero-order chi connectivity index (χ0) is 11.8. The largest absolute Gasteiger partial charge is 0.343 e. The molecule has 3 nitrogen and oxygen atoms in total. The van der Waals surface area contributed by atoms with Crippen LogP contribution in [-0.4, -0.2) is 37.0 Å². The first-order chi connectivity index (χ1) is 7.77. The molecule has 0 radical (unpaired) electrons. The molecule has 1 heterocycles. The predicted octanol–water partition coefficient (Wildman–Crippen LogP) is 2.45. The van der Waals surface area contributed by atoms with Gasteiger partial charge in [0.25, 0.3) is 0 Å². The van der Waals surface area contributed by atoms with Crippen molar-refractivity contribution in [2.45, 2.75) is 46.0 Å². The lowest BCUT2D eigenvalue weighted by Crippen LogP contribution is -2.36. The number of rotatable bonds is 6. The molecule has 0 aliphatic carbocycles. The standard InChI is InChI=1S/C13H26N2O.ClH/c1-3-9-15(10-4-2)13(16)11-12-5-7-14-8-6-12;/h12,14H,3-11H2,1-2H3;1H. The average Bonchev–Trinajstić information content (AvgIpc) is 2.30. The Morgan fingerprint density at radius 1 is 1.18 bits per heavy atom. The number of piperidine rings is 1. The minimum atomic E-state index is 0. The van der Waals surface area contributed by atoms with Gasteiger partial charge in [-0.2, -0.15) is 0 Å². The number of amides is 1. The summed E-state index contributed by atoms with van der Waals surface area (Å²) in [6, 6.07) is 0. The summed E-state index contributed by atoms with van der Waals surface area (Å²) < 4.78 is 0.